The fourth-order valence-electron chi connectivity index (χ4n) is 2.95. The van der Waals surface area contributed by atoms with Crippen molar-refractivity contribution in [3.8, 4) is 0 Å². The van der Waals surface area contributed by atoms with E-state index in [-0.39, 0.29) is 5.91 Å². The van der Waals surface area contributed by atoms with E-state index in [4.69, 9.17) is 4.74 Å². The zero-order chi connectivity index (χ0) is 14.0. The van der Waals surface area contributed by atoms with E-state index >= 15 is 0 Å². The van der Waals surface area contributed by atoms with Crippen molar-refractivity contribution in [2.24, 2.45) is 0 Å². The van der Waals surface area contributed by atoms with Crippen LogP contribution in [0.15, 0.2) is 5.38 Å². The number of aryl methyl sites for hydroxylation is 1. The van der Waals surface area contributed by atoms with Crippen molar-refractivity contribution in [3.63, 3.8) is 0 Å². The fourth-order valence-corrected chi connectivity index (χ4v) is 4.08. The standard InChI is InChI=1S/C15H21NO3S/c17-14(16-10-15(18)5-7-19-8-6-15)12-9-20-13-4-2-1-3-11(12)13/h9,18H,1-8,10H2,(H,16,17). The third kappa shape index (κ3) is 2.90. The molecule has 110 valence electrons. The van der Waals surface area contributed by atoms with Gasteiger partial charge in [-0.25, -0.2) is 0 Å². The minimum Gasteiger partial charge on any atom is -0.388 e. The summed E-state index contributed by atoms with van der Waals surface area (Å²) >= 11 is 1.70. The molecule has 1 amide bonds. The summed E-state index contributed by atoms with van der Waals surface area (Å²) in [7, 11) is 0. The molecular weight excluding hydrogens is 274 g/mol. The molecule has 0 aromatic carbocycles. The van der Waals surface area contributed by atoms with E-state index in [1.165, 1.54) is 23.3 Å². The van der Waals surface area contributed by atoms with Crippen LogP contribution in [0.4, 0.5) is 0 Å². The number of fused-ring (bicyclic) bond motifs is 1. The molecule has 20 heavy (non-hydrogen) atoms. The van der Waals surface area contributed by atoms with Crippen LogP contribution in [-0.4, -0.2) is 36.4 Å². The Balaban J connectivity index is 1.63. The Labute approximate surface area is 123 Å². The van der Waals surface area contributed by atoms with Gasteiger partial charge in [0.25, 0.3) is 5.91 Å². The number of carbonyl (C=O) groups excluding carboxylic acids is 1. The van der Waals surface area contributed by atoms with Gasteiger partial charge in [-0.2, -0.15) is 0 Å². The van der Waals surface area contributed by atoms with E-state index < -0.39 is 5.60 Å². The van der Waals surface area contributed by atoms with E-state index in [9.17, 15) is 9.90 Å². The molecule has 5 heteroatoms. The topological polar surface area (TPSA) is 58.6 Å². The molecule has 0 unspecified atom stereocenters. The van der Waals surface area contributed by atoms with Gasteiger partial charge in [0.05, 0.1) is 11.2 Å². The Kier molecular flexibility index (Phi) is 4.10. The van der Waals surface area contributed by atoms with Gasteiger partial charge in [0.2, 0.25) is 0 Å². The van der Waals surface area contributed by atoms with Crippen molar-refractivity contribution >= 4 is 17.2 Å². The van der Waals surface area contributed by atoms with Gasteiger partial charge in [0.15, 0.2) is 0 Å². The van der Waals surface area contributed by atoms with E-state index in [0.717, 1.165) is 18.4 Å². The Morgan fingerprint density at radius 2 is 2.10 bits per heavy atom. The summed E-state index contributed by atoms with van der Waals surface area (Å²) in [5, 5.41) is 15.2. The highest BCUT2D eigenvalue weighted by Gasteiger charge is 2.30. The van der Waals surface area contributed by atoms with Gasteiger partial charge in [-0.15, -0.1) is 11.3 Å². The summed E-state index contributed by atoms with van der Waals surface area (Å²) < 4.78 is 5.25. The number of ether oxygens (including phenoxy) is 1. The summed E-state index contributed by atoms with van der Waals surface area (Å²) in [6.45, 7) is 1.46. The zero-order valence-corrected chi connectivity index (χ0v) is 12.4. The third-order valence-electron chi connectivity index (χ3n) is 4.31. The second kappa shape index (κ2) is 5.84. The van der Waals surface area contributed by atoms with E-state index in [0.29, 0.717) is 32.6 Å². The summed E-state index contributed by atoms with van der Waals surface area (Å²) in [5.74, 6) is -0.0377. The van der Waals surface area contributed by atoms with Gasteiger partial charge in [-0.1, -0.05) is 0 Å². The maximum atomic E-state index is 12.3. The SMILES string of the molecule is O=C(NCC1(O)CCOCC1)c1csc2c1CCCC2. The molecule has 2 N–H and O–H groups in total. The van der Waals surface area contributed by atoms with Gasteiger partial charge >= 0.3 is 0 Å². The first-order valence-electron chi connectivity index (χ1n) is 7.35. The predicted molar refractivity (Wildman–Crippen MR) is 78.3 cm³/mol. The van der Waals surface area contributed by atoms with Crippen molar-refractivity contribution in [2.75, 3.05) is 19.8 Å². The molecule has 0 saturated carbocycles. The number of nitrogens with one attached hydrogen (secondary N) is 1. The second-order valence-electron chi connectivity index (χ2n) is 5.78. The molecule has 1 aromatic rings. The monoisotopic (exact) mass is 295 g/mol. The van der Waals surface area contributed by atoms with Crippen LogP contribution in [0.2, 0.25) is 0 Å². The molecule has 0 spiro atoms. The third-order valence-corrected chi connectivity index (χ3v) is 5.40. The molecule has 1 aromatic heterocycles. The Morgan fingerprint density at radius 3 is 2.90 bits per heavy atom. The number of rotatable bonds is 3. The van der Waals surface area contributed by atoms with E-state index in [1.807, 2.05) is 5.38 Å². The van der Waals surface area contributed by atoms with Gasteiger partial charge in [0.1, 0.15) is 0 Å². The first-order valence-corrected chi connectivity index (χ1v) is 8.23. The van der Waals surface area contributed by atoms with Crippen LogP contribution in [0.25, 0.3) is 0 Å². The molecule has 2 heterocycles. The fraction of sp³-hybridized carbons (Fsp3) is 0.667. The maximum absolute atomic E-state index is 12.3. The van der Waals surface area contributed by atoms with Crippen LogP contribution >= 0.6 is 11.3 Å². The van der Waals surface area contributed by atoms with Crippen LogP contribution < -0.4 is 5.32 Å². The molecule has 0 bridgehead atoms. The number of carbonyl (C=O) groups is 1. The van der Waals surface area contributed by atoms with Gasteiger partial charge < -0.3 is 15.2 Å². The lowest BCUT2D eigenvalue weighted by molar-refractivity contribution is -0.0605. The first kappa shape index (κ1) is 14.0. The van der Waals surface area contributed by atoms with Crippen LogP contribution in [0, 0.1) is 0 Å². The molecule has 4 nitrogen and oxygen atoms in total. The average molecular weight is 295 g/mol. The van der Waals surface area contributed by atoms with Crippen molar-refractivity contribution < 1.29 is 14.6 Å². The summed E-state index contributed by atoms with van der Waals surface area (Å²) in [4.78, 5) is 13.7. The highest BCUT2D eigenvalue weighted by atomic mass is 32.1. The summed E-state index contributed by atoms with van der Waals surface area (Å²) in [6.07, 6.45) is 5.71. The Morgan fingerprint density at radius 1 is 1.35 bits per heavy atom. The molecule has 3 rings (SSSR count). The zero-order valence-electron chi connectivity index (χ0n) is 11.6. The van der Waals surface area contributed by atoms with E-state index in [2.05, 4.69) is 5.32 Å². The van der Waals surface area contributed by atoms with Crippen molar-refractivity contribution in [1.82, 2.24) is 5.32 Å². The Hall–Kier alpha value is -0.910. The summed E-state index contributed by atoms with van der Waals surface area (Å²) in [6, 6.07) is 0. The lowest BCUT2D eigenvalue weighted by Crippen LogP contribution is -2.46. The van der Waals surface area contributed by atoms with Crippen molar-refractivity contribution in [3.05, 3.63) is 21.4 Å². The molecule has 1 aliphatic heterocycles. The molecule has 0 radical (unpaired) electrons. The first-order chi connectivity index (χ1) is 9.68. The van der Waals surface area contributed by atoms with Crippen molar-refractivity contribution in [1.29, 1.82) is 0 Å². The number of aliphatic hydroxyl groups is 1. The Bertz CT molecular complexity index is 491. The maximum Gasteiger partial charge on any atom is 0.252 e. The molecule has 1 fully saturated rings. The lowest BCUT2D eigenvalue weighted by atomic mass is 9.93. The van der Waals surface area contributed by atoms with Gasteiger partial charge in [0, 0.05) is 42.9 Å². The molecule has 2 aliphatic rings. The lowest BCUT2D eigenvalue weighted by Gasteiger charge is -2.32. The van der Waals surface area contributed by atoms with Gasteiger partial charge in [-0.05, 0) is 31.2 Å². The normalized spacial score (nSPS) is 21.2. The molecule has 1 saturated heterocycles. The number of hydrogen-bond acceptors (Lipinski definition) is 4. The van der Waals surface area contributed by atoms with Crippen LogP contribution in [-0.2, 0) is 17.6 Å². The quantitative estimate of drug-likeness (QED) is 0.895. The highest BCUT2D eigenvalue weighted by Crippen LogP contribution is 2.30. The molecule has 1 aliphatic carbocycles. The van der Waals surface area contributed by atoms with Crippen LogP contribution in [0.1, 0.15) is 46.5 Å². The number of amides is 1. The molecular formula is C15H21NO3S. The minimum absolute atomic E-state index is 0.0377. The largest absolute Gasteiger partial charge is 0.388 e. The predicted octanol–water partition coefficient (Wildman–Crippen LogP) is 1.90. The van der Waals surface area contributed by atoms with Crippen LogP contribution in [0.5, 0.6) is 0 Å². The smallest absolute Gasteiger partial charge is 0.252 e. The minimum atomic E-state index is -0.802. The molecule has 0 atom stereocenters. The highest BCUT2D eigenvalue weighted by molar-refractivity contribution is 7.10. The van der Waals surface area contributed by atoms with E-state index in [1.54, 1.807) is 11.3 Å². The average Bonchev–Trinajstić information content (AvgIpc) is 2.90. The number of thiophene rings is 1. The van der Waals surface area contributed by atoms with Crippen LogP contribution in [0.3, 0.4) is 0 Å². The number of hydrogen-bond donors (Lipinski definition) is 2. The van der Waals surface area contributed by atoms with Crippen molar-refractivity contribution in [2.45, 2.75) is 44.1 Å². The summed E-state index contributed by atoms with van der Waals surface area (Å²) in [5.41, 5.74) is 1.25. The second-order valence-corrected chi connectivity index (χ2v) is 6.74. The van der Waals surface area contributed by atoms with Gasteiger partial charge in [-0.3, -0.25) is 4.79 Å².